The molecule has 0 atom stereocenters. The van der Waals surface area contributed by atoms with E-state index in [-0.39, 0.29) is 5.41 Å². The maximum absolute atomic E-state index is 4.62. The number of hydrogen-bond acceptors (Lipinski definition) is 2. The molecule has 0 unspecified atom stereocenters. The van der Waals surface area contributed by atoms with Gasteiger partial charge in [0.1, 0.15) is 5.84 Å². The van der Waals surface area contributed by atoms with Crippen LogP contribution in [0.25, 0.3) is 0 Å². The fourth-order valence-corrected chi connectivity index (χ4v) is 1.66. The van der Waals surface area contributed by atoms with Gasteiger partial charge in [-0.05, 0) is 18.1 Å². The molecular formula is C13H18N2. The summed E-state index contributed by atoms with van der Waals surface area (Å²) in [5.41, 5.74) is 2.64. The van der Waals surface area contributed by atoms with Crippen LogP contribution in [-0.2, 0) is 6.54 Å². The van der Waals surface area contributed by atoms with E-state index in [0.29, 0.717) is 0 Å². The third kappa shape index (κ3) is 1.89. The molecule has 0 aromatic heterocycles. The van der Waals surface area contributed by atoms with Crippen molar-refractivity contribution in [1.82, 2.24) is 0 Å². The van der Waals surface area contributed by atoms with E-state index in [2.05, 4.69) is 55.3 Å². The summed E-state index contributed by atoms with van der Waals surface area (Å²) in [6.45, 7) is 7.46. The minimum absolute atomic E-state index is 0.146. The fraction of sp³-hybridized carbons (Fsp3) is 0.462. The van der Waals surface area contributed by atoms with Crippen molar-refractivity contribution in [1.29, 1.82) is 0 Å². The zero-order valence-corrected chi connectivity index (χ0v) is 9.67. The quantitative estimate of drug-likeness (QED) is 0.780. The fourth-order valence-electron chi connectivity index (χ4n) is 1.66. The Morgan fingerprint density at radius 2 is 2.07 bits per heavy atom. The van der Waals surface area contributed by atoms with Gasteiger partial charge in [-0.25, -0.2) is 0 Å². The molecule has 1 aliphatic rings. The molecule has 0 saturated carbocycles. The van der Waals surface area contributed by atoms with Gasteiger partial charge in [-0.3, -0.25) is 4.99 Å². The number of para-hydroxylation sites is 1. The SMILES string of the molecule is CCC(C)(C)C1=NCc2ccccc2N1. The van der Waals surface area contributed by atoms with Gasteiger partial charge in [-0.2, -0.15) is 0 Å². The van der Waals surface area contributed by atoms with Crippen molar-refractivity contribution in [2.24, 2.45) is 10.4 Å². The van der Waals surface area contributed by atoms with Crippen molar-refractivity contribution in [2.75, 3.05) is 5.32 Å². The zero-order chi connectivity index (χ0) is 10.9. The Labute approximate surface area is 91.4 Å². The van der Waals surface area contributed by atoms with Crippen molar-refractivity contribution in [3.63, 3.8) is 0 Å². The lowest BCUT2D eigenvalue weighted by Crippen LogP contribution is -2.32. The highest BCUT2D eigenvalue weighted by Gasteiger charge is 2.25. The molecule has 0 saturated heterocycles. The Kier molecular flexibility index (Phi) is 2.51. The number of anilines is 1. The first kappa shape index (κ1) is 10.2. The normalized spacial score (nSPS) is 15.3. The van der Waals surface area contributed by atoms with Gasteiger partial charge in [-0.15, -0.1) is 0 Å². The third-order valence-corrected chi connectivity index (χ3v) is 3.20. The average Bonchev–Trinajstić information content (AvgIpc) is 2.28. The van der Waals surface area contributed by atoms with Crippen molar-refractivity contribution < 1.29 is 0 Å². The largest absolute Gasteiger partial charge is 0.343 e. The van der Waals surface area contributed by atoms with Crippen LogP contribution in [0.2, 0.25) is 0 Å². The van der Waals surface area contributed by atoms with Crippen LogP contribution in [-0.4, -0.2) is 5.84 Å². The van der Waals surface area contributed by atoms with Crippen LogP contribution in [0.4, 0.5) is 5.69 Å². The lowest BCUT2D eigenvalue weighted by molar-refractivity contribution is 0.498. The summed E-state index contributed by atoms with van der Waals surface area (Å²) in [5.74, 6) is 1.11. The summed E-state index contributed by atoms with van der Waals surface area (Å²) in [7, 11) is 0. The molecule has 2 rings (SSSR count). The summed E-state index contributed by atoms with van der Waals surface area (Å²) < 4.78 is 0. The van der Waals surface area contributed by atoms with E-state index in [1.54, 1.807) is 0 Å². The van der Waals surface area contributed by atoms with Crippen LogP contribution in [0.3, 0.4) is 0 Å². The Hall–Kier alpha value is -1.31. The molecule has 80 valence electrons. The lowest BCUT2D eigenvalue weighted by Gasteiger charge is -2.29. The van der Waals surface area contributed by atoms with E-state index in [1.165, 1.54) is 11.3 Å². The molecule has 1 aromatic carbocycles. The maximum Gasteiger partial charge on any atom is 0.107 e. The van der Waals surface area contributed by atoms with E-state index in [9.17, 15) is 0 Å². The number of hydrogen-bond donors (Lipinski definition) is 1. The van der Waals surface area contributed by atoms with Gasteiger partial charge in [0.15, 0.2) is 0 Å². The van der Waals surface area contributed by atoms with Gasteiger partial charge in [0, 0.05) is 11.1 Å². The third-order valence-electron chi connectivity index (χ3n) is 3.20. The maximum atomic E-state index is 4.62. The second kappa shape index (κ2) is 3.69. The Balaban J connectivity index is 2.27. The monoisotopic (exact) mass is 202 g/mol. The molecule has 0 aliphatic carbocycles. The number of rotatable bonds is 2. The molecule has 1 heterocycles. The van der Waals surface area contributed by atoms with Crippen LogP contribution in [0.15, 0.2) is 29.3 Å². The smallest absolute Gasteiger partial charge is 0.107 e. The van der Waals surface area contributed by atoms with Crippen molar-refractivity contribution in [2.45, 2.75) is 33.7 Å². The predicted molar refractivity (Wildman–Crippen MR) is 65.3 cm³/mol. The molecule has 0 radical (unpaired) electrons. The second-order valence-electron chi connectivity index (χ2n) is 4.68. The molecular weight excluding hydrogens is 184 g/mol. The highest BCUT2D eigenvalue weighted by Crippen LogP contribution is 2.28. The summed E-state index contributed by atoms with van der Waals surface area (Å²) in [4.78, 5) is 4.62. The summed E-state index contributed by atoms with van der Waals surface area (Å²) in [5, 5.41) is 3.44. The van der Waals surface area contributed by atoms with E-state index in [4.69, 9.17) is 0 Å². The van der Waals surface area contributed by atoms with Crippen LogP contribution in [0.1, 0.15) is 32.8 Å². The van der Waals surface area contributed by atoms with Gasteiger partial charge in [0.05, 0.1) is 6.54 Å². The first-order valence-electron chi connectivity index (χ1n) is 5.53. The van der Waals surface area contributed by atoms with E-state index in [1.807, 2.05) is 0 Å². The highest BCUT2D eigenvalue weighted by atomic mass is 15.0. The van der Waals surface area contributed by atoms with Crippen LogP contribution >= 0.6 is 0 Å². The van der Waals surface area contributed by atoms with E-state index in [0.717, 1.165) is 18.8 Å². The number of fused-ring (bicyclic) bond motifs is 1. The van der Waals surface area contributed by atoms with E-state index >= 15 is 0 Å². The minimum Gasteiger partial charge on any atom is -0.343 e. The number of aliphatic imine (C=N–C) groups is 1. The number of nitrogens with one attached hydrogen (secondary N) is 1. The molecule has 2 nitrogen and oxygen atoms in total. The molecule has 0 fully saturated rings. The summed E-state index contributed by atoms with van der Waals surface area (Å²) in [6, 6.07) is 8.37. The number of nitrogens with zero attached hydrogens (tertiary/aromatic N) is 1. The van der Waals surface area contributed by atoms with Crippen LogP contribution in [0, 0.1) is 5.41 Å². The van der Waals surface area contributed by atoms with Gasteiger partial charge in [0.25, 0.3) is 0 Å². The molecule has 0 bridgehead atoms. The average molecular weight is 202 g/mol. The number of benzene rings is 1. The van der Waals surface area contributed by atoms with Crippen molar-refractivity contribution >= 4 is 11.5 Å². The van der Waals surface area contributed by atoms with Gasteiger partial charge in [0.2, 0.25) is 0 Å². The van der Waals surface area contributed by atoms with Gasteiger partial charge >= 0.3 is 0 Å². The van der Waals surface area contributed by atoms with Crippen LogP contribution < -0.4 is 5.32 Å². The Morgan fingerprint density at radius 3 is 2.80 bits per heavy atom. The van der Waals surface area contributed by atoms with Crippen LogP contribution in [0.5, 0.6) is 0 Å². The molecule has 15 heavy (non-hydrogen) atoms. The van der Waals surface area contributed by atoms with E-state index < -0.39 is 0 Å². The molecule has 0 spiro atoms. The first-order chi connectivity index (χ1) is 7.13. The highest BCUT2D eigenvalue weighted by molar-refractivity contribution is 6.01. The second-order valence-corrected chi connectivity index (χ2v) is 4.68. The molecule has 0 amide bonds. The molecule has 1 aromatic rings. The molecule has 2 heteroatoms. The van der Waals surface area contributed by atoms with Crippen molar-refractivity contribution in [3.05, 3.63) is 29.8 Å². The number of amidine groups is 1. The standard InChI is InChI=1S/C13H18N2/c1-4-13(2,3)12-14-9-10-7-5-6-8-11(10)15-12/h5-8H,4,9H2,1-3H3,(H,14,15). The Morgan fingerprint density at radius 1 is 1.33 bits per heavy atom. The zero-order valence-electron chi connectivity index (χ0n) is 9.67. The van der Waals surface area contributed by atoms with Crippen molar-refractivity contribution in [3.8, 4) is 0 Å². The topological polar surface area (TPSA) is 24.4 Å². The molecule has 1 aliphatic heterocycles. The summed E-state index contributed by atoms with van der Waals surface area (Å²) in [6.07, 6.45) is 1.10. The lowest BCUT2D eigenvalue weighted by atomic mass is 9.87. The molecule has 1 N–H and O–H groups in total. The van der Waals surface area contributed by atoms with Gasteiger partial charge < -0.3 is 5.32 Å². The predicted octanol–water partition coefficient (Wildman–Crippen LogP) is 3.45. The minimum atomic E-state index is 0.146. The Bertz CT molecular complexity index is 391. The van der Waals surface area contributed by atoms with Gasteiger partial charge in [-0.1, -0.05) is 39.0 Å². The summed E-state index contributed by atoms with van der Waals surface area (Å²) >= 11 is 0. The first-order valence-corrected chi connectivity index (χ1v) is 5.53.